The van der Waals surface area contributed by atoms with E-state index in [-0.39, 0.29) is 24.9 Å². The molecule has 0 aromatic carbocycles. The molecule has 0 aromatic rings. The molecule has 0 aliphatic heterocycles. The molecule has 0 aliphatic rings. The molecule has 348 valence electrons. The highest BCUT2D eigenvalue weighted by molar-refractivity contribution is 5.77. The van der Waals surface area contributed by atoms with Crippen LogP contribution in [-0.2, 0) is 14.3 Å². The number of nitrogens with one attached hydrogen (secondary N) is 1. The van der Waals surface area contributed by atoms with Crippen molar-refractivity contribution < 1.29 is 24.5 Å². The summed E-state index contributed by atoms with van der Waals surface area (Å²) in [7, 11) is 0. The maximum atomic E-state index is 13.1. The van der Waals surface area contributed by atoms with Gasteiger partial charge in [-0.3, -0.25) is 9.59 Å². The minimum atomic E-state index is -0.787. The van der Waals surface area contributed by atoms with Crippen molar-refractivity contribution in [2.75, 3.05) is 6.61 Å². The first kappa shape index (κ1) is 57.3. The first-order valence-electron chi connectivity index (χ1n) is 26.1. The predicted molar refractivity (Wildman–Crippen MR) is 255 cm³/mol. The molecule has 1 amide bonds. The van der Waals surface area contributed by atoms with Gasteiger partial charge in [-0.2, -0.15) is 0 Å². The third kappa shape index (κ3) is 42.8. The predicted octanol–water partition coefficient (Wildman–Crippen LogP) is 15.5. The number of esters is 1. The molecule has 0 fully saturated rings. The third-order valence-corrected chi connectivity index (χ3v) is 12.1. The molecule has 3 unspecified atom stereocenters. The van der Waals surface area contributed by atoms with Gasteiger partial charge in [-0.05, 0) is 51.4 Å². The van der Waals surface area contributed by atoms with Gasteiger partial charge in [-0.15, -0.1) is 0 Å². The van der Waals surface area contributed by atoms with Crippen LogP contribution in [0, 0.1) is 0 Å². The van der Waals surface area contributed by atoms with E-state index in [4.69, 9.17) is 4.74 Å². The third-order valence-electron chi connectivity index (χ3n) is 12.1. The van der Waals surface area contributed by atoms with Gasteiger partial charge in [0, 0.05) is 6.42 Å². The Bertz CT molecular complexity index is 935. The fraction of sp³-hybridized carbons (Fsp3) is 0.887. The molecule has 0 aliphatic carbocycles. The zero-order chi connectivity index (χ0) is 43.1. The molecule has 59 heavy (non-hydrogen) atoms. The average molecular weight is 832 g/mol. The molecule has 3 atom stereocenters. The summed E-state index contributed by atoms with van der Waals surface area (Å²) in [5.41, 5.74) is 0. The van der Waals surface area contributed by atoms with Crippen LogP contribution in [0.15, 0.2) is 24.3 Å². The zero-order valence-corrected chi connectivity index (χ0v) is 39.7. The van der Waals surface area contributed by atoms with Gasteiger partial charge >= 0.3 is 5.97 Å². The van der Waals surface area contributed by atoms with E-state index in [1.807, 2.05) is 0 Å². The second-order valence-electron chi connectivity index (χ2n) is 18.0. The summed E-state index contributed by atoms with van der Waals surface area (Å²) in [6, 6.07) is -0.701. The lowest BCUT2D eigenvalue weighted by molar-refractivity contribution is -0.151. The van der Waals surface area contributed by atoms with E-state index in [0.717, 1.165) is 64.2 Å². The number of aliphatic hydroxyl groups excluding tert-OH is 2. The molecule has 6 nitrogen and oxygen atoms in total. The molecule has 0 spiro atoms. The minimum absolute atomic E-state index is 0.0712. The highest BCUT2D eigenvalue weighted by atomic mass is 16.5. The lowest BCUT2D eigenvalue weighted by atomic mass is 10.0. The van der Waals surface area contributed by atoms with Gasteiger partial charge < -0.3 is 20.3 Å². The summed E-state index contributed by atoms with van der Waals surface area (Å²) in [5.74, 6) is -0.496. The largest absolute Gasteiger partial charge is 0.462 e. The molecule has 0 aromatic heterocycles. The van der Waals surface area contributed by atoms with E-state index in [1.165, 1.54) is 167 Å². The number of rotatable bonds is 47. The van der Waals surface area contributed by atoms with Gasteiger partial charge in [-0.1, -0.05) is 238 Å². The second kappa shape index (κ2) is 47.4. The number of aliphatic hydroxyl groups is 2. The van der Waals surface area contributed by atoms with Gasteiger partial charge in [0.1, 0.15) is 6.10 Å². The summed E-state index contributed by atoms with van der Waals surface area (Å²) in [5, 5.41) is 23.7. The Balaban J connectivity index is 4.41. The van der Waals surface area contributed by atoms with Crippen molar-refractivity contribution in [1.29, 1.82) is 0 Å². The highest BCUT2D eigenvalue weighted by Gasteiger charge is 2.24. The van der Waals surface area contributed by atoms with Crippen LogP contribution in [0.25, 0.3) is 0 Å². The maximum Gasteiger partial charge on any atom is 0.306 e. The zero-order valence-electron chi connectivity index (χ0n) is 39.7. The van der Waals surface area contributed by atoms with E-state index in [1.54, 1.807) is 0 Å². The molecule has 0 heterocycles. The smallest absolute Gasteiger partial charge is 0.306 e. The monoisotopic (exact) mass is 832 g/mol. The Morgan fingerprint density at radius 2 is 0.847 bits per heavy atom. The van der Waals surface area contributed by atoms with Crippen molar-refractivity contribution in [3.8, 4) is 0 Å². The molecule has 0 rings (SSSR count). The van der Waals surface area contributed by atoms with Crippen LogP contribution in [0.3, 0.4) is 0 Å². The van der Waals surface area contributed by atoms with Crippen molar-refractivity contribution in [2.24, 2.45) is 0 Å². The fourth-order valence-corrected chi connectivity index (χ4v) is 8.07. The van der Waals surface area contributed by atoms with Crippen molar-refractivity contribution in [1.82, 2.24) is 5.32 Å². The van der Waals surface area contributed by atoms with Gasteiger partial charge in [0.2, 0.25) is 5.91 Å². The minimum Gasteiger partial charge on any atom is -0.462 e. The number of carbonyl (C=O) groups is 2. The Hall–Kier alpha value is -1.66. The average Bonchev–Trinajstić information content (AvgIpc) is 3.23. The first-order chi connectivity index (χ1) is 29.0. The van der Waals surface area contributed by atoms with E-state index in [2.05, 4.69) is 50.4 Å². The van der Waals surface area contributed by atoms with Crippen molar-refractivity contribution in [3.05, 3.63) is 24.3 Å². The first-order valence-corrected chi connectivity index (χ1v) is 26.1. The molecule has 0 bridgehead atoms. The van der Waals surface area contributed by atoms with E-state index >= 15 is 0 Å². The number of ether oxygens (including phenoxy) is 1. The molecule has 0 radical (unpaired) electrons. The Kier molecular flexibility index (Phi) is 46.1. The summed E-state index contributed by atoms with van der Waals surface area (Å²) in [6.07, 6.45) is 53.9. The van der Waals surface area contributed by atoms with Crippen LogP contribution < -0.4 is 5.32 Å². The van der Waals surface area contributed by atoms with Gasteiger partial charge in [0.25, 0.3) is 0 Å². The van der Waals surface area contributed by atoms with Crippen molar-refractivity contribution in [2.45, 2.75) is 296 Å². The summed E-state index contributed by atoms with van der Waals surface area (Å²) >= 11 is 0. The van der Waals surface area contributed by atoms with Crippen LogP contribution >= 0.6 is 0 Å². The van der Waals surface area contributed by atoms with Crippen molar-refractivity contribution >= 4 is 11.9 Å². The quantitative estimate of drug-likeness (QED) is 0.0322. The van der Waals surface area contributed by atoms with E-state index in [9.17, 15) is 19.8 Å². The molecular formula is C53H101NO5. The molecule has 0 saturated heterocycles. The van der Waals surface area contributed by atoms with Gasteiger partial charge in [0.05, 0.1) is 25.2 Å². The SMILES string of the molecule is CCCCCCCCC/C=C/C=C/CCCCCC(=O)OC(CCCCCCCCCC)CC(=O)NC(CO)C(O)CCCCCCCCCCCCCCCCCC. The molecule has 0 saturated carbocycles. The summed E-state index contributed by atoms with van der Waals surface area (Å²) in [6.45, 7) is 6.47. The van der Waals surface area contributed by atoms with Crippen molar-refractivity contribution in [3.63, 3.8) is 0 Å². The van der Waals surface area contributed by atoms with Crippen LogP contribution in [-0.4, -0.2) is 46.9 Å². The Morgan fingerprint density at radius 3 is 1.25 bits per heavy atom. The maximum absolute atomic E-state index is 13.1. The van der Waals surface area contributed by atoms with E-state index in [0.29, 0.717) is 19.3 Å². The van der Waals surface area contributed by atoms with Crippen LogP contribution in [0.5, 0.6) is 0 Å². The Morgan fingerprint density at radius 1 is 0.492 bits per heavy atom. The number of hydrogen-bond donors (Lipinski definition) is 3. The van der Waals surface area contributed by atoms with Crippen LogP contribution in [0.4, 0.5) is 0 Å². The summed E-state index contributed by atoms with van der Waals surface area (Å²) in [4.78, 5) is 26.0. The van der Waals surface area contributed by atoms with Crippen LogP contribution in [0.2, 0.25) is 0 Å². The van der Waals surface area contributed by atoms with Gasteiger partial charge in [-0.25, -0.2) is 0 Å². The number of carbonyl (C=O) groups excluding carboxylic acids is 2. The topological polar surface area (TPSA) is 95.9 Å². The second-order valence-corrected chi connectivity index (χ2v) is 18.0. The lowest BCUT2D eigenvalue weighted by Gasteiger charge is -2.24. The normalized spacial score (nSPS) is 13.4. The number of allylic oxidation sites excluding steroid dienone is 4. The standard InChI is InChI=1S/C53H101NO5/c1-4-7-10-13-16-19-21-23-25-27-29-31-33-36-39-42-45-51(56)50(48-55)54-52(57)47-49(44-41-38-35-18-15-12-9-6-3)59-53(58)46-43-40-37-34-32-30-28-26-24-22-20-17-14-11-8-5-2/h26,28,30,32,49-51,55-56H,4-25,27,29,31,33-48H2,1-3H3,(H,54,57)/b28-26+,32-30+. The lowest BCUT2D eigenvalue weighted by Crippen LogP contribution is -2.46. The number of amides is 1. The highest BCUT2D eigenvalue weighted by Crippen LogP contribution is 2.18. The Labute approximate surface area is 367 Å². The van der Waals surface area contributed by atoms with Crippen LogP contribution in [0.1, 0.15) is 278 Å². The van der Waals surface area contributed by atoms with E-state index < -0.39 is 18.2 Å². The summed E-state index contributed by atoms with van der Waals surface area (Å²) < 4.78 is 5.90. The molecule has 3 N–H and O–H groups in total. The number of hydrogen-bond acceptors (Lipinski definition) is 5. The molecular weight excluding hydrogens is 731 g/mol. The fourth-order valence-electron chi connectivity index (χ4n) is 8.07. The molecule has 6 heteroatoms. The number of unbranched alkanes of at least 4 members (excludes halogenated alkanes) is 32. The van der Waals surface area contributed by atoms with Gasteiger partial charge in [0.15, 0.2) is 0 Å².